The van der Waals surface area contributed by atoms with E-state index >= 15 is 0 Å². The van der Waals surface area contributed by atoms with Crippen LogP contribution in [-0.4, -0.2) is 18.0 Å². The molecule has 0 saturated carbocycles. The molecule has 0 aliphatic carbocycles. The lowest BCUT2D eigenvalue weighted by Gasteiger charge is -2.33. The van der Waals surface area contributed by atoms with E-state index in [1.807, 2.05) is 24.5 Å². The van der Waals surface area contributed by atoms with Crippen LogP contribution in [0.1, 0.15) is 36.1 Å². The van der Waals surface area contributed by atoms with E-state index in [2.05, 4.69) is 133 Å². The first-order valence-electron chi connectivity index (χ1n) is 14.5. The maximum absolute atomic E-state index is 4.64. The zero-order valence-corrected chi connectivity index (χ0v) is 24.5. The summed E-state index contributed by atoms with van der Waals surface area (Å²) in [6, 6.07) is 46.6. The van der Waals surface area contributed by atoms with E-state index in [9.17, 15) is 0 Å². The van der Waals surface area contributed by atoms with Crippen LogP contribution >= 0.6 is 0 Å². The fourth-order valence-electron chi connectivity index (χ4n) is 6.90. The van der Waals surface area contributed by atoms with Gasteiger partial charge in [0.25, 0.3) is 0 Å². The van der Waals surface area contributed by atoms with Gasteiger partial charge in [0, 0.05) is 23.2 Å². The van der Waals surface area contributed by atoms with Gasteiger partial charge >= 0.3 is 0 Å². The zero-order chi connectivity index (χ0) is 27.8. The fourth-order valence-corrected chi connectivity index (χ4v) is 12.0. The van der Waals surface area contributed by atoms with Gasteiger partial charge in [-0.3, -0.25) is 9.97 Å². The van der Waals surface area contributed by atoms with E-state index in [-0.39, 0.29) is 0 Å². The first-order chi connectivity index (χ1) is 20.2. The standard InChI is InChI=1S/C38H32N2Si/c1-3-41(4-2)37(31-19-21-33-29(25-31)17-11-23-39-33)35(27-13-7-5-8-14-27)36(28-15-9-6-10-16-28)38(41)32-20-22-34-30(26-32)18-12-24-40-34/h5-26H,3-4H2,1-2H3. The number of nitrogens with zero attached hydrogens (tertiary/aromatic N) is 2. The average molecular weight is 545 g/mol. The average Bonchev–Trinajstić information content (AvgIpc) is 3.36. The Morgan fingerprint density at radius 2 is 0.902 bits per heavy atom. The molecule has 0 amide bonds. The fraction of sp³-hybridized carbons (Fsp3) is 0.105. The van der Waals surface area contributed by atoms with Crippen molar-refractivity contribution in [2.75, 3.05) is 0 Å². The number of pyridine rings is 2. The molecule has 2 nitrogen and oxygen atoms in total. The summed E-state index contributed by atoms with van der Waals surface area (Å²) in [6.07, 6.45) is 3.76. The molecular weight excluding hydrogens is 513 g/mol. The normalized spacial score (nSPS) is 14.8. The summed E-state index contributed by atoms with van der Waals surface area (Å²) >= 11 is 0. The predicted octanol–water partition coefficient (Wildman–Crippen LogP) is 9.89. The van der Waals surface area contributed by atoms with E-state index in [0.717, 1.165) is 23.1 Å². The summed E-state index contributed by atoms with van der Waals surface area (Å²) in [6.45, 7) is 4.83. The van der Waals surface area contributed by atoms with Gasteiger partial charge in [-0.1, -0.05) is 111 Å². The van der Waals surface area contributed by atoms with E-state index in [0.29, 0.717) is 0 Å². The molecule has 2 aromatic heterocycles. The monoisotopic (exact) mass is 544 g/mol. The van der Waals surface area contributed by atoms with Crippen molar-refractivity contribution >= 4 is 51.4 Å². The van der Waals surface area contributed by atoms with Gasteiger partial charge in [-0.05, 0) is 80.2 Å². The highest BCUT2D eigenvalue weighted by Crippen LogP contribution is 2.58. The minimum atomic E-state index is -2.27. The molecule has 6 aromatic rings. The van der Waals surface area contributed by atoms with E-state index in [4.69, 9.17) is 0 Å². The Labute approximate surface area is 242 Å². The van der Waals surface area contributed by atoms with Gasteiger partial charge in [-0.15, -0.1) is 0 Å². The van der Waals surface area contributed by atoms with Crippen LogP contribution in [0.4, 0.5) is 0 Å². The van der Waals surface area contributed by atoms with Crippen LogP contribution in [0.25, 0.3) is 43.3 Å². The van der Waals surface area contributed by atoms with Crippen LogP contribution in [-0.2, 0) is 0 Å². The Morgan fingerprint density at radius 1 is 0.463 bits per heavy atom. The number of aromatic nitrogens is 2. The largest absolute Gasteiger partial charge is 0.256 e. The first-order valence-corrected chi connectivity index (χ1v) is 17.0. The molecule has 0 spiro atoms. The van der Waals surface area contributed by atoms with Gasteiger partial charge < -0.3 is 0 Å². The van der Waals surface area contributed by atoms with Crippen molar-refractivity contribution in [2.24, 2.45) is 0 Å². The third kappa shape index (κ3) is 4.16. The lowest BCUT2D eigenvalue weighted by Crippen LogP contribution is -2.35. The summed E-state index contributed by atoms with van der Waals surface area (Å²) in [5.41, 5.74) is 10.1. The van der Waals surface area contributed by atoms with Crippen molar-refractivity contribution in [1.82, 2.24) is 9.97 Å². The molecule has 7 rings (SSSR count). The lowest BCUT2D eigenvalue weighted by atomic mass is 9.89. The molecule has 0 saturated heterocycles. The summed E-state index contributed by atoms with van der Waals surface area (Å²) in [4.78, 5) is 9.27. The van der Waals surface area contributed by atoms with Crippen molar-refractivity contribution in [2.45, 2.75) is 25.9 Å². The minimum absolute atomic E-state index is 1.04. The number of rotatable bonds is 6. The molecule has 198 valence electrons. The molecule has 1 aliphatic heterocycles. The van der Waals surface area contributed by atoms with Crippen molar-refractivity contribution in [3.63, 3.8) is 0 Å². The van der Waals surface area contributed by atoms with Crippen LogP contribution in [0.5, 0.6) is 0 Å². The van der Waals surface area contributed by atoms with Gasteiger partial charge in [0.1, 0.15) is 8.07 Å². The highest BCUT2D eigenvalue weighted by atomic mass is 28.3. The molecule has 4 aromatic carbocycles. The smallest absolute Gasteiger partial charge is 0.120 e. The molecule has 0 atom stereocenters. The Kier molecular flexibility index (Phi) is 6.45. The molecule has 3 heteroatoms. The van der Waals surface area contributed by atoms with Crippen LogP contribution in [0.15, 0.2) is 134 Å². The summed E-state index contributed by atoms with van der Waals surface area (Å²) < 4.78 is 0. The van der Waals surface area contributed by atoms with Crippen LogP contribution in [0.2, 0.25) is 12.1 Å². The quantitative estimate of drug-likeness (QED) is 0.195. The van der Waals surface area contributed by atoms with Gasteiger partial charge in [-0.2, -0.15) is 0 Å². The number of fused-ring (bicyclic) bond motifs is 2. The predicted molar refractivity (Wildman–Crippen MR) is 177 cm³/mol. The van der Waals surface area contributed by atoms with Crippen LogP contribution in [0, 0.1) is 0 Å². The second kappa shape index (κ2) is 10.4. The molecule has 0 unspecified atom stereocenters. The third-order valence-corrected chi connectivity index (χ3v) is 14.2. The van der Waals surface area contributed by atoms with Gasteiger partial charge in [0.2, 0.25) is 0 Å². The highest BCUT2D eigenvalue weighted by Gasteiger charge is 2.48. The Bertz CT molecular complexity index is 1810. The Morgan fingerprint density at radius 3 is 1.32 bits per heavy atom. The summed E-state index contributed by atoms with van der Waals surface area (Å²) in [5.74, 6) is 0. The zero-order valence-electron chi connectivity index (χ0n) is 23.5. The van der Waals surface area contributed by atoms with E-state index < -0.39 is 8.07 Å². The number of hydrogen-bond acceptors (Lipinski definition) is 2. The highest BCUT2D eigenvalue weighted by molar-refractivity contribution is 7.14. The molecule has 3 heterocycles. The van der Waals surface area contributed by atoms with Crippen molar-refractivity contribution in [1.29, 1.82) is 0 Å². The topological polar surface area (TPSA) is 25.8 Å². The van der Waals surface area contributed by atoms with Crippen LogP contribution in [0.3, 0.4) is 0 Å². The summed E-state index contributed by atoms with van der Waals surface area (Å²) in [7, 11) is -2.27. The van der Waals surface area contributed by atoms with Crippen molar-refractivity contribution in [3.8, 4) is 0 Å². The second-order valence-corrected chi connectivity index (χ2v) is 15.4. The Balaban J connectivity index is 1.63. The van der Waals surface area contributed by atoms with E-state index in [1.165, 1.54) is 44.2 Å². The SMILES string of the molecule is CC[Si]1(CC)C(c2ccc3ncccc3c2)=C(c2ccccc2)C(c2ccccc2)=C1c1ccc2ncccc2c1. The van der Waals surface area contributed by atoms with Gasteiger partial charge in [-0.25, -0.2) is 0 Å². The maximum atomic E-state index is 4.64. The number of allylic oxidation sites excluding steroid dienone is 2. The molecule has 0 bridgehead atoms. The molecule has 41 heavy (non-hydrogen) atoms. The van der Waals surface area contributed by atoms with Crippen molar-refractivity contribution in [3.05, 3.63) is 156 Å². The van der Waals surface area contributed by atoms with Crippen molar-refractivity contribution < 1.29 is 0 Å². The number of hydrogen-bond donors (Lipinski definition) is 0. The third-order valence-electron chi connectivity index (χ3n) is 8.82. The van der Waals surface area contributed by atoms with Gasteiger partial charge in [0.05, 0.1) is 11.0 Å². The number of benzene rings is 4. The first kappa shape index (κ1) is 25.4. The molecular formula is C38H32N2Si. The van der Waals surface area contributed by atoms with E-state index in [1.54, 1.807) is 10.4 Å². The molecule has 0 radical (unpaired) electrons. The van der Waals surface area contributed by atoms with Gasteiger partial charge in [0.15, 0.2) is 0 Å². The minimum Gasteiger partial charge on any atom is -0.256 e. The van der Waals surface area contributed by atoms with Crippen LogP contribution < -0.4 is 0 Å². The molecule has 0 fully saturated rings. The molecule has 1 aliphatic rings. The second-order valence-electron chi connectivity index (χ2n) is 10.8. The Hall–Kier alpha value is -4.60. The molecule has 0 N–H and O–H groups in total. The maximum Gasteiger partial charge on any atom is 0.120 e. The lowest BCUT2D eigenvalue weighted by molar-refractivity contribution is 1.30. The summed E-state index contributed by atoms with van der Waals surface area (Å²) in [5, 5.41) is 5.46.